The zero-order chi connectivity index (χ0) is 20.1. The van der Waals surface area contributed by atoms with Crippen molar-refractivity contribution in [2.45, 2.75) is 71.6 Å². The summed E-state index contributed by atoms with van der Waals surface area (Å²) in [5.41, 5.74) is 0. The number of hydrogen-bond donors (Lipinski definition) is 0. The fourth-order valence-electron chi connectivity index (χ4n) is 3.40. The van der Waals surface area contributed by atoms with Crippen LogP contribution in [0.15, 0.2) is 0 Å². The lowest BCUT2D eigenvalue weighted by Crippen LogP contribution is -2.32. The molecule has 0 aromatic heterocycles. The Morgan fingerprint density at radius 3 is 1.54 bits per heavy atom. The summed E-state index contributed by atoms with van der Waals surface area (Å²) in [5.74, 6) is 0.909. The van der Waals surface area contributed by atoms with Crippen LogP contribution in [0, 0.1) is 5.92 Å². The van der Waals surface area contributed by atoms with E-state index in [0.717, 1.165) is 38.8 Å². The van der Waals surface area contributed by atoms with E-state index in [1.807, 2.05) is 0 Å². The first-order chi connectivity index (χ1) is 13.8. The molecule has 1 fully saturated rings. The average molecular weight is 402 g/mol. The van der Waals surface area contributed by atoms with Crippen molar-refractivity contribution in [1.29, 1.82) is 0 Å². The smallest absolute Gasteiger partial charge is 0.0701 e. The van der Waals surface area contributed by atoms with Crippen LogP contribution in [0.2, 0.25) is 0 Å². The molecule has 1 aliphatic heterocycles. The Morgan fingerprint density at radius 1 is 0.607 bits per heavy atom. The molecule has 5 nitrogen and oxygen atoms in total. The van der Waals surface area contributed by atoms with Crippen LogP contribution in [0.25, 0.3) is 0 Å². The molecule has 0 aliphatic carbocycles. The molecule has 0 bridgehead atoms. The summed E-state index contributed by atoms with van der Waals surface area (Å²) in [7, 11) is 0. The minimum absolute atomic E-state index is 0.632. The predicted molar refractivity (Wildman–Crippen MR) is 116 cm³/mol. The van der Waals surface area contributed by atoms with Crippen molar-refractivity contribution in [2.24, 2.45) is 5.92 Å². The summed E-state index contributed by atoms with van der Waals surface area (Å²) >= 11 is 0. The zero-order valence-electron chi connectivity index (χ0n) is 18.8. The van der Waals surface area contributed by atoms with Gasteiger partial charge in [0, 0.05) is 13.1 Å². The highest BCUT2D eigenvalue weighted by atomic mass is 16.6. The van der Waals surface area contributed by atoms with E-state index in [2.05, 4.69) is 18.7 Å². The van der Waals surface area contributed by atoms with Gasteiger partial charge in [-0.25, -0.2) is 0 Å². The number of nitrogens with zero attached hydrogens (tertiary/aromatic N) is 1. The van der Waals surface area contributed by atoms with Crippen LogP contribution in [0.3, 0.4) is 0 Å². The molecule has 1 rings (SSSR count). The topological polar surface area (TPSA) is 40.2 Å². The lowest BCUT2D eigenvalue weighted by atomic mass is 10.00. The van der Waals surface area contributed by atoms with Crippen LogP contribution in [0.1, 0.15) is 71.6 Å². The summed E-state index contributed by atoms with van der Waals surface area (Å²) in [6, 6.07) is 0. The van der Waals surface area contributed by atoms with Crippen LogP contribution in [0.4, 0.5) is 0 Å². The van der Waals surface area contributed by atoms with Crippen LogP contribution < -0.4 is 0 Å². The van der Waals surface area contributed by atoms with Gasteiger partial charge in [0.2, 0.25) is 0 Å². The summed E-state index contributed by atoms with van der Waals surface area (Å²) < 4.78 is 22.4. The van der Waals surface area contributed by atoms with E-state index < -0.39 is 0 Å². The second-order valence-electron chi connectivity index (χ2n) is 8.07. The van der Waals surface area contributed by atoms with Crippen LogP contribution in [0.5, 0.6) is 0 Å². The van der Waals surface area contributed by atoms with Gasteiger partial charge < -0.3 is 18.9 Å². The maximum absolute atomic E-state index is 5.70. The maximum atomic E-state index is 5.70. The van der Waals surface area contributed by atoms with Crippen LogP contribution in [-0.2, 0) is 18.9 Å². The summed E-state index contributed by atoms with van der Waals surface area (Å²) in [6.07, 6.45) is 12.4. The Labute approximate surface area is 174 Å². The van der Waals surface area contributed by atoms with Gasteiger partial charge in [0.1, 0.15) is 0 Å². The molecule has 28 heavy (non-hydrogen) atoms. The quantitative estimate of drug-likeness (QED) is 0.476. The third-order valence-corrected chi connectivity index (χ3v) is 5.59. The van der Waals surface area contributed by atoms with Gasteiger partial charge in [0.25, 0.3) is 0 Å². The standard InChI is InChI=1S/C23H47NO4/c1-3-23(2)11-9-7-5-4-6-8-10-12-24-13-15-25-17-19-27-21-22-28-20-18-26-16-14-24/h23H,3-22H2,1-2H3. The van der Waals surface area contributed by atoms with Gasteiger partial charge in [0.05, 0.1) is 52.9 Å². The highest BCUT2D eigenvalue weighted by Gasteiger charge is 2.06. The molecule has 0 N–H and O–H groups in total. The molecule has 1 heterocycles. The molecule has 0 aromatic carbocycles. The van der Waals surface area contributed by atoms with E-state index >= 15 is 0 Å². The SMILES string of the molecule is CCC(C)CCCCCCCCCN1CCOCCOCCOCCOCC1. The van der Waals surface area contributed by atoms with E-state index in [4.69, 9.17) is 18.9 Å². The second kappa shape index (κ2) is 20.1. The lowest BCUT2D eigenvalue weighted by molar-refractivity contribution is 0.00206. The molecule has 1 saturated heterocycles. The van der Waals surface area contributed by atoms with Gasteiger partial charge in [-0.05, 0) is 18.9 Å². The van der Waals surface area contributed by atoms with Crippen molar-refractivity contribution in [3.05, 3.63) is 0 Å². The third-order valence-electron chi connectivity index (χ3n) is 5.59. The maximum Gasteiger partial charge on any atom is 0.0701 e. The molecule has 168 valence electrons. The first kappa shape index (κ1) is 25.8. The zero-order valence-corrected chi connectivity index (χ0v) is 18.8. The molecule has 0 amide bonds. The van der Waals surface area contributed by atoms with E-state index in [0.29, 0.717) is 39.6 Å². The Morgan fingerprint density at radius 2 is 1.04 bits per heavy atom. The molecular weight excluding hydrogens is 354 g/mol. The van der Waals surface area contributed by atoms with Crippen molar-refractivity contribution in [2.75, 3.05) is 72.5 Å². The van der Waals surface area contributed by atoms with Crippen molar-refractivity contribution < 1.29 is 18.9 Å². The van der Waals surface area contributed by atoms with Crippen molar-refractivity contribution in [1.82, 2.24) is 4.90 Å². The molecule has 5 heteroatoms. The number of rotatable bonds is 11. The Kier molecular flexibility index (Phi) is 18.5. The fraction of sp³-hybridized carbons (Fsp3) is 1.00. The van der Waals surface area contributed by atoms with Gasteiger partial charge in [-0.1, -0.05) is 65.2 Å². The van der Waals surface area contributed by atoms with Gasteiger partial charge in [0.15, 0.2) is 0 Å². The molecular formula is C23H47NO4. The molecule has 0 saturated carbocycles. The molecule has 1 unspecified atom stereocenters. The van der Waals surface area contributed by atoms with Crippen LogP contribution in [-0.4, -0.2) is 77.4 Å². The van der Waals surface area contributed by atoms with Gasteiger partial charge >= 0.3 is 0 Å². The first-order valence-corrected chi connectivity index (χ1v) is 11.9. The van der Waals surface area contributed by atoms with Crippen molar-refractivity contribution in [3.8, 4) is 0 Å². The summed E-state index contributed by atoms with van der Waals surface area (Å²) in [5, 5.41) is 0. The third kappa shape index (κ3) is 16.7. The number of hydrogen-bond acceptors (Lipinski definition) is 5. The number of unbranched alkanes of at least 4 members (excludes halogenated alkanes) is 6. The lowest BCUT2D eigenvalue weighted by Gasteiger charge is -2.22. The predicted octanol–water partition coefficient (Wildman–Crippen LogP) is 4.54. The van der Waals surface area contributed by atoms with E-state index in [1.54, 1.807) is 0 Å². The van der Waals surface area contributed by atoms with Crippen molar-refractivity contribution >= 4 is 0 Å². The van der Waals surface area contributed by atoms with Gasteiger partial charge in [-0.2, -0.15) is 0 Å². The minimum Gasteiger partial charge on any atom is -0.378 e. The van der Waals surface area contributed by atoms with Gasteiger partial charge in [-0.15, -0.1) is 0 Å². The first-order valence-electron chi connectivity index (χ1n) is 11.9. The Balaban J connectivity index is 2.05. The Bertz CT molecular complexity index is 301. The Hall–Kier alpha value is -0.200. The van der Waals surface area contributed by atoms with E-state index in [-0.39, 0.29) is 0 Å². The summed E-state index contributed by atoms with van der Waals surface area (Å²) in [6.45, 7) is 13.2. The minimum atomic E-state index is 0.632. The number of ether oxygens (including phenoxy) is 4. The highest BCUT2D eigenvalue weighted by molar-refractivity contribution is 4.59. The molecule has 1 aliphatic rings. The fourth-order valence-corrected chi connectivity index (χ4v) is 3.40. The molecule has 0 radical (unpaired) electrons. The second-order valence-corrected chi connectivity index (χ2v) is 8.07. The van der Waals surface area contributed by atoms with Gasteiger partial charge in [-0.3, -0.25) is 4.90 Å². The van der Waals surface area contributed by atoms with Crippen LogP contribution >= 0.6 is 0 Å². The van der Waals surface area contributed by atoms with E-state index in [1.165, 1.54) is 57.8 Å². The largest absolute Gasteiger partial charge is 0.378 e. The highest BCUT2D eigenvalue weighted by Crippen LogP contribution is 2.14. The van der Waals surface area contributed by atoms with Crippen molar-refractivity contribution in [3.63, 3.8) is 0 Å². The monoisotopic (exact) mass is 401 g/mol. The molecule has 0 aromatic rings. The molecule has 0 spiro atoms. The average Bonchev–Trinajstić information content (AvgIpc) is 2.72. The molecule has 1 atom stereocenters. The van der Waals surface area contributed by atoms with E-state index in [9.17, 15) is 0 Å². The summed E-state index contributed by atoms with van der Waals surface area (Å²) in [4.78, 5) is 2.48. The normalized spacial score (nSPS) is 20.4.